The highest BCUT2D eigenvalue weighted by Crippen LogP contribution is 2.26. The van der Waals surface area contributed by atoms with Crippen molar-refractivity contribution in [3.63, 3.8) is 0 Å². The Balaban J connectivity index is 2.00. The van der Waals surface area contributed by atoms with Crippen LogP contribution >= 0.6 is 0 Å². The Hall–Kier alpha value is -1.51. The van der Waals surface area contributed by atoms with E-state index in [1.165, 1.54) is 12.8 Å². The van der Waals surface area contributed by atoms with Crippen LogP contribution in [-0.4, -0.2) is 13.0 Å². The number of methoxy groups -OCH3 is 1. The van der Waals surface area contributed by atoms with Gasteiger partial charge in [-0.1, -0.05) is 31.9 Å². The summed E-state index contributed by atoms with van der Waals surface area (Å²) in [6.45, 7) is 2.10. The molecule has 2 rings (SSSR count). The summed E-state index contributed by atoms with van der Waals surface area (Å²) in [5.74, 6) is 1.30. The minimum absolute atomic E-state index is 0.110. The first-order valence-corrected chi connectivity index (χ1v) is 7.19. The van der Waals surface area contributed by atoms with Crippen LogP contribution in [0.3, 0.4) is 0 Å². The second-order valence-electron chi connectivity index (χ2n) is 5.22. The van der Waals surface area contributed by atoms with Crippen molar-refractivity contribution >= 4 is 5.91 Å². The Kier molecular flexibility index (Phi) is 4.83. The lowest BCUT2D eigenvalue weighted by Gasteiger charge is -2.20. The predicted molar refractivity (Wildman–Crippen MR) is 76.1 cm³/mol. The summed E-state index contributed by atoms with van der Waals surface area (Å²) in [4.78, 5) is 12.2. The monoisotopic (exact) mass is 261 g/mol. The van der Waals surface area contributed by atoms with E-state index >= 15 is 0 Å². The highest BCUT2D eigenvalue weighted by atomic mass is 16.5. The molecule has 1 N–H and O–H groups in total. The fourth-order valence-electron chi connectivity index (χ4n) is 2.73. The third-order valence-electron chi connectivity index (χ3n) is 3.97. The molecule has 1 saturated carbocycles. The number of rotatable bonds is 5. The summed E-state index contributed by atoms with van der Waals surface area (Å²) in [6, 6.07) is 8.06. The minimum atomic E-state index is 0.110. The SMILES string of the molecule is CCC(NC(=O)C1CCCC1)c1ccc(OC)cc1. The maximum atomic E-state index is 12.2. The summed E-state index contributed by atoms with van der Waals surface area (Å²) in [7, 11) is 1.66. The zero-order valence-corrected chi connectivity index (χ0v) is 11.8. The summed E-state index contributed by atoms with van der Waals surface area (Å²) in [5, 5.41) is 3.18. The molecule has 0 spiro atoms. The number of carbonyl (C=O) groups is 1. The van der Waals surface area contributed by atoms with Gasteiger partial charge in [0.1, 0.15) is 5.75 Å². The lowest BCUT2D eigenvalue weighted by atomic mass is 10.0. The van der Waals surface area contributed by atoms with Crippen molar-refractivity contribution in [1.82, 2.24) is 5.32 Å². The summed E-state index contributed by atoms with van der Waals surface area (Å²) in [6.07, 6.45) is 5.38. The Morgan fingerprint density at radius 3 is 2.47 bits per heavy atom. The lowest BCUT2D eigenvalue weighted by molar-refractivity contribution is -0.125. The van der Waals surface area contributed by atoms with Crippen molar-refractivity contribution in [2.45, 2.75) is 45.1 Å². The quantitative estimate of drug-likeness (QED) is 0.881. The van der Waals surface area contributed by atoms with Crippen LogP contribution in [0.5, 0.6) is 5.75 Å². The molecule has 19 heavy (non-hydrogen) atoms. The molecule has 0 radical (unpaired) electrons. The molecule has 1 atom stereocenters. The maximum absolute atomic E-state index is 12.2. The average Bonchev–Trinajstić information content (AvgIpc) is 2.99. The Labute approximate surface area is 115 Å². The van der Waals surface area contributed by atoms with Gasteiger partial charge in [-0.15, -0.1) is 0 Å². The van der Waals surface area contributed by atoms with Gasteiger partial charge in [0, 0.05) is 5.92 Å². The minimum Gasteiger partial charge on any atom is -0.497 e. The Morgan fingerprint density at radius 2 is 1.95 bits per heavy atom. The van der Waals surface area contributed by atoms with Crippen molar-refractivity contribution in [2.24, 2.45) is 5.92 Å². The Morgan fingerprint density at radius 1 is 1.32 bits per heavy atom. The predicted octanol–water partition coefficient (Wildman–Crippen LogP) is 3.45. The number of amides is 1. The number of benzene rings is 1. The summed E-state index contributed by atoms with van der Waals surface area (Å²) >= 11 is 0. The van der Waals surface area contributed by atoms with E-state index in [9.17, 15) is 4.79 Å². The van der Waals surface area contributed by atoms with E-state index in [0.717, 1.165) is 30.6 Å². The van der Waals surface area contributed by atoms with E-state index in [1.807, 2.05) is 24.3 Å². The van der Waals surface area contributed by atoms with Crippen LogP contribution < -0.4 is 10.1 Å². The average molecular weight is 261 g/mol. The molecular weight excluding hydrogens is 238 g/mol. The van der Waals surface area contributed by atoms with E-state index < -0.39 is 0 Å². The molecule has 1 unspecified atom stereocenters. The summed E-state index contributed by atoms with van der Waals surface area (Å²) in [5.41, 5.74) is 1.15. The number of carbonyl (C=O) groups excluding carboxylic acids is 1. The van der Waals surface area contributed by atoms with E-state index in [4.69, 9.17) is 4.74 Å². The van der Waals surface area contributed by atoms with Crippen LogP contribution in [0.4, 0.5) is 0 Å². The highest BCUT2D eigenvalue weighted by molar-refractivity contribution is 5.79. The lowest BCUT2D eigenvalue weighted by Crippen LogP contribution is -2.32. The normalized spacial score (nSPS) is 17.2. The first-order valence-electron chi connectivity index (χ1n) is 7.19. The summed E-state index contributed by atoms with van der Waals surface area (Å²) < 4.78 is 5.16. The molecule has 0 bridgehead atoms. The molecule has 0 heterocycles. The second kappa shape index (κ2) is 6.60. The van der Waals surface area contributed by atoms with Gasteiger partial charge < -0.3 is 10.1 Å². The van der Waals surface area contributed by atoms with Crippen molar-refractivity contribution in [2.75, 3.05) is 7.11 Å². The molecule has 1 aliphatic rings. The van der Waals surface area contributed by atoms with Crippen molar-refractivity contribution in [1.29, 1.82) is 0 Å². The number of nitrogens with one attached hydrogen (secondary N) is 1. The number of hydrogen-bond acceptors (Lipinski definition) is 2. The van der Waals surface area contributed by atoms with Gasteiger partial charge in [-0.05, 0) is 37.0 Å². The highest BCUT2D eigenvalue weighted by Gasteiger charge is 2.24. The van der Waals surface area contributed by atoms with E-state index in [0.29, 0.717) is 0 Å². The molecule has 1 aliphatic carbocycles. The van der Waals surface area contributed by atoms with Crippen molar-refractivity contribution in [3.8, 4) is 5.75 Å². The van der Waals surface area contributed by atoms with Crippen LogP contribution in [0.25, 0.3) is 0 Å². The zero-order chi connectivity index (χ0) is 13.7. The molecule has 1 aromatic carbocycles. The molecule has 1 aromatic rings. The van der Waals surface area contributed by atoms with Crippen LogP contribution in [0.15, 0.2) is 24.3 Å². The smallest absolute Gasteiger partial charge is 0.223 e. The molecule has 0 aliphatic heterocycles. The van der Waals surface area contributed by atoms with Crippen molar-refractivity contribution < 1.29 is 9.53 Å². The van der Waals surface area contributed by atoms with Crippen LogP contribution in [0.1, 0.15) is 50.6 Å². The largest absolute Gasteiger partial charge is 0.497 e. The molecule has 104 valence electrons. The third-order valence-corrected chi connectivity index (χ3v) is 3.97. The fraction of sp³-hybridized carbons (Fsp3) is 0.562. The van der Waals surface area contributed by atoms with E-state index in [1.54, 1.807) is 7.11 Å². The molecule has 1 amide bonds. The maximum Gasteiger partial charge on any atom is 0.223 e. The van der Waals surface area contributed by atoms with Gasteiger partial charge in [0.2, 0.25) is 5.91 Å². The van der Waals surface area contributed by atoms with Gasteiger partial charge in [-0.2, -0.15) is 0 Å². The van der Waals surface area contributed by atoms with Gasteiger partial charge >= 0.3 is 0 Å². The molecule has 3 heteroatoms. The second-order valence-corrected chi connectivity index (χ2v) is 5.22. The third kappa shape index (κ3) is 3.49. The molecular formula is C16H23NO2. The van der Waals surface area contributed by atoms with Crippen LogP contribution in [0, 0.1) is 5.92 Å². The van der Waals surface area contributed by atoms with E-state index in [-0.39, 0.29) is 17.9 Å². The fourth-order valence-corrected chi connectivity index (χ4v) is 2.73. The van der Waals surface area contributed by atoms with Gasteiger partial charge in [-0.25, -0.2) is 0 Å². The van der Waals surface area contributed by atoms with E-state index in [2.05, 4.69) is 12.2 Å². The first-order chi connectivity index (χ1) is 9.24. The molecule has 0 saturated heterocycles. The molecule has 1 fully saturated rings. The molecule has 0 aromatic heterocycles. The van der Waals surface area contributed by atoms with Gasteiger partial charge in [0.05, 0.1) is 13.2 Å². The van der Waals surface area contributed by atoms with Crippen molar-refractivity contribution in [3.05, 3.63) is 29.8 Å². The topological polar surface area (TPSA) is 38.3 Å². The van der Waals surface area contributed by atoms with Gasteiger partial charge in [0.25, 0.3) is 0 Å². The van der Waals surface area contributed by atoms with Crippen LogP contribution in [0.2, 0.25) is 0 Å². The first kappa shape index (κ1) is 13.9. The molecule has 3 nitrogen and oxygen atoms in total. The van der Waals surface area contributed by atoms with Gasteiger partial charge in [-0.3, -0.25) is 4.79 Å². The number of hydrogen-bond donors (Lipinski definition) is 1. The Bertz CT molecular complexity index is 407. The number of ether oxygens (including phenoxy) is 1. The van der Waals surface area contributed by atoms with Gasteiger partial charge in [0.15, 0.2) is 0 Å². The standard InChI is InChI=1S/C16H23NO2/c1-3-15(12-8-10-14(19-2)11-9-12)17-16(18)13-6-4-5-7-13/h8-11,13,15H,3-7H2,1-2H3,(H,17,18). The van der Waals surface area contributed by atoms with Crippen LogP contribution in [-0.2, 0) is 4.79 Å². The zero-order valence-electron chi connectivity index (χ0n) is 11.8.